The van der Waals surface area contributed by atoms with Crippen molar-refractivity contribution in [2.75, 3.05) is 0 Å². The summed E-state index contributed by atoms with van der Waals surface area (Å²) in [7, 11) is 0. The second-order valence-corrected chi connectivity index (χ2v) is 4.91. The molecule has 1 atom stereocenters. The molecule has 0 aromatic carbocycles. The number of rotatable bonds is 3. The molecule has 0 aliphatic heterocycles. The van der Waals surface area contributed by atoms with Gasteiger partial charge >= 0.3 is 5.97 Å². The number of nitrogens with zero attached hydrogens (tertiary/aromatic N) is 1. The maximum absolute atomic E-state index is 11.0. The largest absolute Gasteiger partial charge is 0.481 e. The molecule has 0 aliphatic rings. The van der Waals surface area contributed by atoms with E-state index >= 15 is 0 Å². The molecule has 1 N–H and O–H groups in total. The molecule has 5 heteroatoms. The number of aliphatic carboxylic acids is 1. The molecule has 0 saturated heterocycles. The maximum atomic E-state index is 11.0. The predicted octanol–water partition coefficient (Wildman–Crippen LogP) is 3.21. The number of aryl methyl sites for hydroxylation is 2. The molecule has 2 aromatic rings. The summed E-state index contributed by atoms with van der Waals surface area (Å²) in [5.41, 5.74) is 1.79. The van der Waals surface area contributed by atoms with Crippen LogP contribution in [0.1, 0.15) is 30.1 Å². The first kappa shape index (κ1) is 11.9. The summed E-state index contributed by atoms with van der Waals surface area (Å²) >= 11 is 1.54. The van der Waals surface area contributed by atoms with Crippen LogP contribution < -0.4 is 0 Å². The first-order valence-corrected chi connectivity index (χ1v) is 6.12. The Hall–Kier alpha value is -1.62. The van der Waals surface area contributed by atoms with Gasteiger partial charge in [0.25, 0.3) is 0 Å². The lowest BCUT2D eigenvalue weighted by atomic mass is 10.1. The minimum absolute atomic E-state index is 0.428. The third kappa shape index (κ3) is 2.24. The van der Waals surface area contributed by atoms with Gasteiger partial charge in [-0.2, -0.15) is 0 Å². The topological polar surface area (TPSA) is 63.3 Å². The zero-order chi connectivity index (χ0) is 12.6. The van der Waals surface area contributed by atoms with Gasteiger partial charge < -0.3 is 9.52 Å². The number of thiophene rings is 1. The second kappa shape index (κ2) is 4.33. The molecule has 2 heterocycles. The zero-order valence-electron chi connectivity index (χ0n) is 9.85. The van der Waals surface area contributed by atoms with Crippen LogP contribution in [0.5, 0.6) is 0 Å². The molecular weight excluding hydrogens is 238 g/mol. The Labute approximate surface area is 103 Å². The summed E-state index contributed by atoms with van der Waals surface area (Å²) in [6.07, 6.45) is 0. The fourth-order valence-corrected chi connectivity index (χ4v) is 2.47. The predicted molar refractivity (Wildman–Crippen MR) is 65.3 cm³/mol. The van der Waals surface area contributed by atoms with Crippen molar-refractivity contribution in [2.24, 2.45) is 0 Å². The Morgan fingerprint density at radius 3 is 2.76 bits per heavy atom. The highest BCUT2D eigenvalue weighted by Crippen LogP contribution is 2.33. The van der Waals surface area contributed by atoms with E-state index in [0.717, 1.165) is 10.4 Å². The Balaban J connectivity index is 2.51. The molecule has 2 aromatic heterocycles. The van der Waals surface area contributed by atoms with Crippen LogP contribution in [-0.4, -0.2) is 16.1 Å². The number of aromatic nitrogens is 1. The minimum atomic E-state index is -0.907. The molecule has 17 heavy (non-hydrogen) atoms. The fourth-order valence-electron chi connectivity index (χ4n) is 1.58. The van der Waals surface area contributed by atoms with Crippen LogP contribution in [0.15, 0.2) is 15.9 Å². The lowest BCUT2D eigenvalue weighted by Gasteiger charge is -2.03. The summed E-state index contributed by atoms with van der Waals surface area (Å²) in [5.74, 6) is -0.671. The molecule has 0 bridgehead atoms. The maximum Gasteiger partial charge on any atom is 0.314 e. The molecular formula is C12H13NO3S. The van der Waals surface area contributed by atoms with Gasteiger partial charge in [0.1, 0.15) is 17.4 Å². The van der Waals surface area contributed by atoms with Gasteiger partial charge in [-0.25, -0.2) is 4.98 Å². The van der Waals surface area contributed by atoms with Crippen molar-refractivity contribution < 1.29 is 14.3 Å². The molecule has 0 fully saturated rings. The van der Waals surface area contributed by atoms with Crippen molar-refractivity contribution >= 4 is 17.3 Å². The van der Waals surface area contributed by atoms with Gasteiger partial charge in [0.15, 0.2) is 5.89 Å². The Morgan fingerprint density at radius 1 is 1.53 bits per heavy atom. The van der Waals surface area contributed by atoms with Gasteiger partial charge in [-0.15, -0.1) is 11.3 Å². The molecule has 2 rings (SSSR count). The van der Waals surface area contributed by atoms with Crippen molar-refractivity contribution in [3.05, 3.63) is 28.7 Å². The minimum Gasteiger partial charge on any atom is -0.481 e. The van der Waals surface area contributed by atoms with E-state index in [-0.39, 0.29) is 0 Å². The van der Waals surface area contributed by atoms with Crippen molar-refractivity contribution in [3.63, 3.8) is 0 Å². The van der Waals surface area contributed by atoms with E-state index in [2.05, 4.69) is 4.98 Å². The van der Waals surface area contributed by atoms with Gasteiger partial charge in [0.05, 0.1) is 4.88 Å². The normalized spacial score (nSPS) is 12.6. The molecule has 90 valence electrons. The number of carboxylic acid groups (broad SMARTS) is 1. The average Bonchev–Trinajstić information content (AvgIpc) is 2.83. The van der Waals surface area contributed by atoms with Gasteiger partial charge in [-0.1, -0.05) is 0 Å². The monoisotopic (exact) mass is 251 g/mol. The number of carbonyl (C=O) groups is 1. The van der Waals surface area contributed by atoms with Crippen molar-refractivity contribution in [2.45, 2.75) is 26.7 Å². The van der Waals surface area contributed by atoms with E-state index < -0.39 is 11.9 Å². The van der Waals surface area contributed by atoms with E-state index in [9.17, 15) is 4.79 Å². The highest BCUT2D eigenvalue weighted by molar-refractivity contribution is 7.13. The van der Waals surface area contributed by atoms with Crippen LogP contribution in [0.4, 0.5) is 0 Å². The Kier molecular flexibility index (Phi) is 3.02. The number of oxazole rings is 1. The van der Waals surface area contributed by atoms with Gasteiger partial charge in [0.2, 0.25) is 0 Å². The molecule has 0 aliphatic carbocycles. The van der Waals surface area contributed by atoms with E-state index in [1.165, 1.54) is 0 Å². The van der Waals surface area contributed by atoms with Crippen molar-refractivity contribution in [1.29, 1.82) is 0 Å². The molecule has 0 spiro atoms. The summed E-state index contributed by atoms with van der Waals surface area (Å²) in [6, 6.07) is 1.99. The van der Waals surface area contributed by atoms with E-state index in [4.69, 9.17) is 9.52 Å². The van der Waals surface area contributed by atoms with Crippen molar-refractivity contribution in [3.8, 4) is 10.6 Å². The smallest absolute Gasteiger partial charge is 0.314 e. The van der Waals surface area contributed by atoms with E-state index in [1.807, 2.05) is 18.4 Å². The molecule has 1 unspecified atom stereocenters. The zero-order valence-corrected chi connectivity index (χ0v) is 10.7. The highest BCUT2D eigenvalue weighted by Gasteiger charge is 2.24. The summed E-state index contributed by atoms with van der Waals surface area (Å²) in [5, 5.41) is 11.0. The molecule has 0 saturated carbocycles. The fraction of sp³-hybridized carbons (Fsp3) is 0.333. The summed E-state index contributed by atoms with van der Waals surface area (Å²) in [4.78, 5) is 16.2. The van der Waals surface area contributed by atoms with Gasteiger partial charge in [0, 0.05) is 6.92 Å². The summed E-state index contributed by atoms with van der Waals surface area (Å²) < 4.78 is 5.42. The Bertz CT molecular complexity index is 556. The van der Waals surface area contributed by atoms with Crippen LogP contribution in [0.3, 0.4) is 0 Å². The quantitative estimate of drug-likeness (QED) is 0.909. The van der Waals surface area contributed by atoms with Crippen LogP contribution in [-0.2, 0) is 4.79 Å². The number of hydrogen-bond acceptors (Lipinski definition) is 4. The third-order valence-corrected chi connectivity index (χ3v) is 3.54. The summed E-state index contributed by atoms with van der Waals surface area (Å²) in [6.45, 7) is 5.32. The Morgan fingerprint density at radius 2 is 2.24 bits per heavy atom. The van der Waals surface area contributed by atoms with Gasteiger partial charge in [-0.3, -0.25) is 4.79 Å². The van der Waals surface area contributed by atoms with Crippen LogP contribution in [0.25, 0.3) is 10.6 Å². The molecule has 0 radical (unpaired) electrons. The number of carboxylic acids is 1. The van der Waals surface area contributed by atoms with Crippen LogP contribution >= 0.6 is 11.3 Å². The first-order chi connectivity index (χ1) is 7.99. The van der Waals surface area contributed by atoms with Gasteiger partial charge in [-0.05, 0) is 30.9 Å². The number of hydrogen-bond donors (Lipinski definition) is 1. The van der Waals surface area contributed by atoms with Crippen molar-refractivity contribution in [1.82, 2.24) is 4.98 Å². The lowest BCUT2D eigenvalue weighted by Crippen LogP contribution is -2.07. The highest BCUT2D eigenvalue weighted by atomic mass is 32.1. The second-order valence-electron chi connectivity index (χ2n) is 3.99. The van der Waals surface area contributed by atoms with Crippen LogP contribution in [0, 0.1) is 13.8 Å². The van der Waals surface area contributed by atoms with Crippen LogP contribution in [0.2, 0.25) is 0 Å². The third-order valence-electron chi connectivity index (χ3n) is 2.49. The molecule has 0 amide bonds. The average molecular weight is 251 g/mol. The van der Waals surface area contributed by atoms with E-state index in [0.29, 0.717) is 17.3 Å². The molecule has 4 nitrogen and oxygen atoms in total. The first-order valence-electron chi connectivity index (χ1n) is 5.24. The van der Waals surface area contributed by atoms with E-state index in [1.54, 1.807) is 25.2 Å². The lowest BCUT2D eigenvalue weighted by molar-refractivity contribution is -0.138. The SMILES string of the molecule is Cc1csc(-c2nc(C)oc2C(C)C(=O)O)c1. The standard InChI is InChI=1S/C12H13NO3S/c1-6-4-9(17-5-6)10-11(7(2)12(14)15)16-8(3)13-10/h4-5,7H,1-3H3,(H,14,15).